The largest absolute Gasteiger partial charge is 0.396 e. The summed E-state index contributed by atoms with van der Waals surface area (Å²) >= 11 is 0. The number of anilines is 1. The van der Waals surface area contributed by atoms with Gasteiger partial charge in [0.2, 0.25) is 0 Å². The normalized spacial score (nSPS) is 10.9. The number of benzene rings is 1. The van der Waals surface area contributed by atoms with Crippen LogP contribution >= 0.6 is 0 Å². The minimum absolute atomic E-state index is 0.654. The number of nitrogens with two attached hydrogens (primary N) is 1. The van der Waals surface area contributed by atoms with Crippen LogP contribution in [0.4, 0.5) is 5.69 Å². The highest BCUT2D eigenvalue weighted by atomic mass is 15.1. The van der Waals surface area contributed by atoms with Crippen molar-refractivity contribution in [3.05, 3.63) is 36.5 Å². The summed E-state index contributed by atoms with van der Waals surface area (Å²) in [7, 11) is 0. The first-order valence-corrected chi connectivity index (χ1v) is 4.71. The van der Waals surface area contributed by atoms with Crippen LogP contribution in [-0.2, 0) is 0 Å². The van der Waals surface area contributed by atoms with Crippen molar-refractivity contribution in [2.75, 3.05) is 5.73 Å². The van der Waals surface area contributed by atoms with Crippen molar-refractivity contribution in [1.82, 2.24) is 15.2 Å². The van der Waals surface area contributed by atoms with Crippen molar-refractivity contribution >= 4 is 16.6 Å². The zero-order valence-corrected chi connectivity index (χ0v) is 7.99. The minimum Gasteiger partial charge on any atom is -0.396 e. The smallest absolute Gasteiger partial charge is 0.104 e. The quantitative estimate of drug-likeness (QED) is 0.560. The first kappa shape index (κ1) is 8.11. The lowest BCUT2D eigenvalue weighted by atomic mass is 10.2. The summed E-state index contributed by atoms with van der Waals surface area (Å²) in [5, 5.41) is 7.94. The fourth-order valence-corrected chi connectivity index (χ4v) is 1.72. The van der Waals surface area contributed by atoms with Gasteiger partial charge in [0.25, 0.3) is 0 Å². The van der Waals surface area contributed by atoms with E-state index in [0.29, 0.717) is 5.69 Å². The Morgan fingerprint density at radius 2 is 2.07 bits per heavy atom. The van der Waals surface area contributed by atoms with Gasteiger partial charge in [-0.15, -0.1) is 0 Å². The Bertz CT molecular complexity index is 573. The predicted molar refractivity (Wildman–Crippen MR) is 60.3 cm³/mol. The molecule has 0 aliphatic rings. The van der Waals surface area contributed by atoms with Gasteiger partial charge in [-0.2, -0.15) is 5.10 Å². The number of fused-ring (bicyclic) bond motifs is 1. The van der Waals surface area contributed by atoms with E-state index in [9.17, 15) is 0 Å². The van der Waals surface area contributed by atoms with Crippen LogP contribution in [0.2, 0.25) is 0 Å². The van der Waals surface area contributed by atoms with E-state index in [-0.39, 0.29) is 0 Å². The third kappa shape index (κ3) is 1.19. The van der Waals surface area contributed by atoms with Gasteiger partial charge >= 0.3 is 0 Å². The van der Waals surface area contributed by atoms with Gasteiger partial charge < -0.3 is 10.7 Å². The molecule has 3 aromatic rings. The zero-order valence-electron chi connectivity index (χ0n) is 7.99. The molecule has 3 rings (SSSR count). The Balaban J connectivity index is 2.24. The summed E-state index contributed by atoms with van der Waals surface area (Å²) in [6.07, 6.45) is 1.61. The highest BCUT2D eigenvalue weighted by Gasteiger charge is 2.07. The number of rotatable bonds is 1. The SMILES string of the molecule is Nc1cn[nH]c1-c1cc2ccccc2[nH]1. The number of nitrogen functional groups attached to an aromatic ring is 1. The molecule has 0 radical (unpaired) electrons. The average molecular weight is 198 g/mol. The van der Waals surface area contributed by atoms with Gasteiger partial charge in [-0.05, 0) is 12.1 Å². The number of hydrogen-bond donors (Lipinski definition) is 3. The number of aromatic nitrogens is 3. The molecular formula is C11H10N4. The van der Waals surface area contributed by atoms with Crippen molar-refractivity contribution in [3.8, 4) is 11.4 Å². The molecule has 4 N–H and O–H groups in total. The van der Waals surface area contributed by atoms with E-state index in [1.165, 1.54) is 5.39 Å². The van der Waals surface area contributed by atoms with Crippen LogP contribution in [0.5, 0.6) is 0 Å². The van der Waals surface area contributed by atoms with Gasteiger partial charge in [-0.1, -0.05) is 18.2 Å². The van der Waals surface area contributed by atoms with Crippen LogP contribution in [0, 0.1) is 0 Å². The van der Waals surface area contributed by atoms with Gasteiger partial charge in [-0.3, -0.25) is 5.10 Å². The van der Waals surface area contributed by atoms with Gasteiger partial charge in [0.15, 0.2) is 0 Å². The summed E-state index contributed by atoms with van der Waals surface area (Å²) in [6, 6.07) is 10.2. The van der Waals surface area contributed by atoms with Crippen LogP contribution in [-0.4, -0.2) is 15.2 Å². The molecule has 0 unspecified atom stereocenters. The third-order valence-electron chi connectivity index (χ3n) is 2.47. The molecule has 2 heterocycles. The van der Waals surface area contributed by atoms with Crippen molar-refractivity contribution in [1.29, 1.82) is 0 Å². The lowest BCUT2D eigenvalue weighted by molar-refractivity contribution is 1.09. The molecular weight excluding hydrogens is 188 g/mol. The monoisotopic (exact) mass is 198 g/mol. The Labute approximate surface area is 86.1 Å². The molecule has 0 fully saturated rings. The van der Waals surface area contributed by atoms with Crippen molar-refractivity contribution < 1.29 is 0 Å². The Morgan fingerprint density at radius 1 is 1.20 bits per heavy atom. The first-order chi connectivity index (χ1) is 7.34. The van der Waals surface area contributed by atoms with Crippen LogP contribution in [0.3, 0.4) is 0 Å². The topological polar surface area (TPSA) is 70.5 Å². The average Bonchev–Trinajstić information content (AvgIpc) is 2.82. The van der Waals surface area contributed by atoms with Crippen molar-refractivity contribution in [2.24, 2.45) is 0 Å². The van der Waals surface area contributed by atoms with Crippen molar-refractivity contribution in [2.45, 2.75) is 0 Å². The maximum atomic E-state index is 5.78. The Morgan fingerprint density at radius 3 is 2.80 bits per heavy atom. The van der Waals surface area contributed by atoms with Crippen LogP contribution < -0.4 is 5.73 Å². The second-order valence-corrected chi connectivity index (χ2v) is 3.47. The molecule has 0 aliphatic carbocycles. The molecule has 0 saturated carbocycles. The predicted octanol–water partition coefficient (Wildman–Crippen LogP) is 2.14. The zero-order chi connectivity index (χ0) is 10.3. The maximum absolute atomic E-state index is 5.78. The van der Waals surface area contributed by atoms with E-state index >= 15 is 0 Å². The standard InChI is InChI=1S/C11H10N4/c12-8-6-13-15-11(8)10-5-7-3-1-2-4-9(7)14-10/h1-6,14H,12H2,(H,13,15). The molecule has 4 nitrogen and oxygen atoms in total. The molecule has 0 spiro atoms. The number of nitrogens with zero attached hydrogens (tertiary/aromatic N) is 1. The van der Waals surface area contributed by atoms with E-state index in [1.807, 2.05) is 18.2 Å². The summed E-state index contributed by atoms with van der Waals surface area (Å²) < 4.78 is 0. The molecule has 2 aromatic heterocycles. The lowest BCUT2D eigenvalue weighted by Crippen LogP contribution is -1.85. The minimum atomic E-state index is 0.654. The van der Waals surface area contributed by atoms with Crippen LogP contribution in [0.15, 0.2) is 36.5 Å². The van der Waals surface area contributed by atoms with Crippen LogP contribution in [0.25, 0.3) is 22.3 Å². The summed E-state index contributed by atoms with van der Waals surface area (Å²) in [6.45, 7) is 0. The first-order valence-electron chi connectivity index (χ1n) is 4.71. The summed E-state index contributed by atoms with van der Waals surface area (Å²) in [5.41, 5.74) is 9.34. The number of H-pyrrole nitrogens is 2. The molecule has 0 aliphatic heterocycles. The molecule has 0 atom stereocenters. The molecule has 0 bridgehead atoms. The fraction of sp³-hybridized carbons (Fsp3) is 0. The maximum Gasteiger partial charge on any atom is 0.104 e. The van der Waals surface area contributed by atoms with E-state index in [4.69, 9.17) is 5.73 Å². The second-order valence-electron chi connectivity index (χ2n) is 3.47. The van der Waals surface area contributed by atoms with E-state index in [0.717, 1.165) is 16.9 Å². The van der Waals surface area contributed by atoms with E-state index < -0.39 is 0 Å². The molecule has 0 amide bonds. The van der Waals surface area contributed by atoms with Gasteiger partial charge in [0.05, 0.1) is 17.6 Å². The number of aromatic amines is 2. The second kappa shape index (κ2) is 2.88. The molecule has 15 heavy (non-hydrogen) atoms. The lowest BCUT2D eigenvalue weighted by Gasteiger charge is -1.92. The Hall–Kier alpha value is -2.23. The molecule has 74 valence electrons. The Kier molecular flexibility index (Phi) is 1.56. The fourth-order valence-electron chi connectivity index (χ4n) is 1.72. The third-order valence-corrected chi connectivity index (χ3v) is 2.47. The van der Waals surface area contributed by atoms with Crippen molar-refractivity contribution in [3.63, 3.8) is 0 Å². The molecule has 1 aromatic carbocycles. The summed E-state index contributed by atoms with van der Waals surface area (Å²) in [5.74, 6) is 0. The molecule has 4 heteroatoms. The number of hydrogen-bond acceptors (Lipinski definition) is 2. The summed E-state index contributed by atoms with van der Waals surface area (Å²) in [4.78, 5) is 3.29. The van der Waals surface area contributed by atoms with Crippen LogP contribution in [0.1, 0.15) is 0 Å². The van der Waals surface area contributed by atoms with Gasteiger partial charge in [0.1, 0.15) is 5.69 Å². The number of nitrogens with one attached hydrogen (secondary N) is 2. The highest BCUT2D eigenvalue weighted by molar-refractivity contribution is 5.87. The van der Waals surface area contributed by atoms with E-state index in [2.05, 4.69) is 27.3 Å². The van der Waals surface area contributed by atoms with Gasteiger partial charge in [0, 0.05) is 10.9 Å². The number of para-hydroxylation sites is 1. The molecule has 0 saturated heterocycles. The highest BCUT2D eigenvalue weighted by Crippen LogP contribution is 2.25. The van der Waals surface area contributed by atoms with E-state index in [1.54, 1.807) is 6.20 Å². The van der Waals surface area contributed by atoms with Gasteiger partial charge in [-0.25, -0.2) is 0 Å².